The third-order valence-electron chi connectivity index (χ3n) is 9.86. The summed E-state index contributed by atoms with van der Waals surface area (Å²) in [5, 5.41) is 9.00. The number of carbonyl (C=O) groups is 3. The molecule has 1 N–H and O–H groups in total. The Morgan fingerprint density at radius 1 is 1.18 bits per heavy atom. The van der Waals surface area contributed by atoms with Crippen LogP contribution in [0.3, 0.4) is 0 Å². The highest BCUT2D eigenvalue weighted by Gasteiger charge is 3.01. The molecule has 4 aliphatic heterocycles. The molecule has 0 amide bonds. The summed E-state index contributed by atoms with van der Waals surface area (Å²) in [6.45, 7) is 6.65. The van der Waals surface area contributed by atoms with Crippen LogP contribution in [0.2, 0.25) is 0 Å². The maximum atomic E-state index is 12.7. The van der Waals surface area contributed by atoms with Gasteiger partial charge in [0.15, 0.2) is 11.7 Å². The van der Waals surface area contributed by atoms with E-state index in [-0.39, 0.29) is 54.4 Å². The van der Waals surface area contributed by atoms with Crippen molar-refractivity contribution < 1.29 is 43.2 Å². The molecule has 0 aromatic heterocycles. The van der Waals surface area contributed by atoms with Crippen LogP contribution in [0, 0.1) is 17.3 Å². The molecular weight excluding hydrogens is 432 g/mol. The number of esters is 2. The van der Waals surface area contributed by atoms with Gasteiger partial charge in [-0.1, -0.05) is 20.8 Å². The molecule has 3 aliphatic carbocycles. The van der Waals surface area contributed by atoms with Gasteiger partial charge in [-0.3, -0.25) is 9.59 Å². The standard InChI is InChI=1S/C24H28O9/c1-10(2)22-17(32-22)18-24(33-18)21(3)7-6-11-12(9-29-19(11)28)13(21)8-14-23(24,31-14)20(22)30-16(27)5-4-15(25)26/h10,13-14,17-18,20H,4-9H2,1-3H3,(H,25,26)/t13-,14-,17-,18+,20+,21-,22-,23+,24-/m0/s1. The summed E-state index contributed by atoms with van der Waals surface area (Å²) in [7, 11) is 0. The van der Waals surface area contributed by atoms with E-state index < -0.39 is 34.8 Å². The van der Waals surface area contributed by atoms with Crippen molar-refractivity contribution in [2.24, 2.45) is 17.3 Å². The van der Waals surface area contributed by atoms with Crippen LogP contribution < -0.4 is 0 Å². The van der Waals surface area contributed by atoms with E-state index in [0.29, 0.717) is 19.4 Å². The van der Waals surface area contributed by atoms with Gasteiger partial charge in [0.2, 0.25) is 0 Å². The predicted octanol–water partition coefficient (Wildman–Crippen LogP) is 1.52. The lowest BCUT2D eigenvalue weighted by atomic mass is 9.46. The molecule has 0 radical (unpaired) electrons. The van der Waals surface area contributed by atoms with Gasteiger partial charge in [0.25, 0.3) is 0 Å². The van der Waals surface area contributed by atoms with E-state index >= 15 is 0 Å². The van der Waals surface area contributed by atoms with E-state index in [0.717, 1.165) is 17.6 Å². The molecule has 33 heavy (non-hydrogen) atoms. The number of carboxylic acid groups (broad SMARTS) is 1. The molecule has 178 valence electrons. The van der Waals surface area contributed by atoms with Crippen molar-refractivity contribution in [3.8, 4) is 0 Å². The summed E-state index contributed by atoms with van der Waals surface area (Å²) in [6.07, 6.45) is 0.464. The lowest BCUT2D eigenvalue weighted by Crippen LogP contribution is -2.70. The van der Waals surface area contributed by atoms with Crippen molar-refractivity contribution >= 4 is 17.9 Å². The Labute approximate surface area is 190 Å². The van der Waals surface area contributed by atoms with Gasteiger partial charge in [-0.05, 0) is 36.7 Å². The third kappa shape index (κ3) is 2.06. The first-order chi connectivity index (χ1) is 15.6. The van der Waals surface area contributed by atoms with Crippen LogP contribution in [0.25, 0.3) is 0 Å². The lowest BCUT2D eigenvalue weighted by Gasteiger charge is -2.53. The van der Waals surface area contributed by atoms with E-state index in [1.165, 1.54) is 0 Å². The summed E-state index contributed by atoms with van der Waals surface area (Å²) >= 11 is 0. The summed E-state index contributed by atoms with van der Waals surface area (Å²) in [5.41, 5.74) is -0.569. The van der Waals surface area contributed by atoms with E-state index in [1.807, 2.05) is 13.8 Å². The molecule has 9 nitrogen and oxygen atoms in total. The summed E-state index contributed by atoms with van der Waals surface area (Å²) in [5.74, 6) is -1.63. The maximum absolute atomic E-state index is 12.7. The topological polar surface area (TPSA) is 127 Å². The number of hydrogen-bond donors (Lipinski definition) is 1. The Bertz CT molecular complexity index is 1050. The fraction of sp³-hybridized carbons (Fsp3) is 0.792. The van der Waals surface area contributed by atoms with Gasteiger partial charge in [-0.2, -0.15) is 0 Å². The van der Waals surface area contributed by atoms with Crippen molar-refractivity contribution in [2.45, 2.75) is 94.1 Å². The van der Waals surface area contributed by atoms with Gasteiger partial charge >= 0.3 is 17.9 Å². The van der Waals surface area contributed by atoms with Gasteiger partial charge in [-0.25, -0.2) is 4.79 Å². The smallest absolute Gasteiger partial charge is 0.334 e. The number of ether oxygens (including phenoxy) is 5. The minimum absolute atomic E-state index is 0.0632. The SMILES string of the molecule is CC(C)[C@]12O[C@H]1[C@H]1O[C@@]13[C@]1(O[C@H]1C[C@H]1C4=C(CC[C@@]13C)C(=O)OC4)[C@@H]2OC(=O)CCC(=O)O. The zero-order valence-corrected chi connectivity index (χ0v) is 18.9. The number of carbonyl (C=O) groups excluding carboxylic acids is 2. The first-order valence-electron chi connectivity index (χ1n) is 12.0. The largest absolute Gasteiger partial charge is 0.481 e. The molecule has 0 aromatic carbocycles. The molecule has 0 aromatic rings. The van der Waals surface area contributed by atoms with E-state index in [1.54, 1.807) is 0 Å². The number of carboxylic acids is 1. The summed E-state index contributed by atoms with van der Waals surface area (Å²) in [6, 6.07) is 0. The highest BCUT2D eigenvalue weighted by molar-refractivity contribution is 5.92. The molecule has 2 spiro atoms. The first kappa shape index (κ1) is 20.4. The monoisotopic (exact) mass is 460 g/mol. The minimum atomic E-state index is -1.04. The molecule has 9 atom stereocenters. The predicted molar refractivity (Wildman–Crippen MR) is 108 cm³/mol. The Hall–Kier alpha value is -1.97. The first-order valence-corrected chi connectivity index (χ1v) is 12.0. The van der Waals surface area contributed by atoms with Crippen molar-refractivity contribution in [3.63, 3.8) is 0 Å². The second-order valence-electron chi connectivity index (χ2n) is 11.3. The minimum Gasteiger partial charge on any atom is -0.481 e. The van der Waals surface area contributed by atoms with E-state index in [2.05, 4.69) is 6.92 Å². The average molecular weight is 460 g/mol. The maximum Gasteiger partial charge on any atom is 0.334 e. The second kappa shape index (κ2) is 5.80. The van der Waals surface area contributed by atoms with Crippen LogP contribution in [0.5, 0.6) is 0 Å². The quantitative estimate of drug-likeness (QED) is 0.480. The normalized spacial score (nSPS) is 51.9. The molecule has 7 aliphatic rings. The Morgan fingerprint density at radius 3 is 2.70 bits per heavy atom. The number of epoxide rings is 3. The highest BCUT2D eigenvalue weighted by Crippen LogP contribution is 2.83. The number of hydrogen-bond acceptors (Lipinski definition) is 8. The van der Waals surface area contributed by atoms with Gasteiger partial charge in [-0.15, -0.1) is 0 Å². The number of aliphatic carboxylic acids is 1. The van der Waals surface area contributed by atoms with Gasteiger partial charge in [0, 0.05) is 11.0 Å². The lowest BCUT2D eigenvalue weighted by molar-refractivity contribution is -0.170. The fourth-order valence-corrected chi connectivity index (χ4v) is 8.24. The number of rotatable bonds is 5. The van der Waals surface area contributed by atoms with Crippen LogP contribution in [0.15, 0.2) is 11.1 Å². The van der Waals surface area contributed by atoms with Crippen molar-refractivity contribution in [1.82, 2.24) is 0 Å². The summed E-state index contributed by atoms with van der Waals surface area (Å²) < 4.78 is 30.9. The zero-order chi connectivity index (χ0) is 23.1. The van der Waals surface area contributed by atoms with Crippen molar-refractivity contribution in [3.05, 3.63) is 11.1 Å². The van der Waals surface area contributed by atoms with Crippen LogP contribution in [0.4, 0.5) is 0 Å². The van der Waals surface area contributed by atoms with Crippen LogP contribution >= 0.6 is 0 Å². The molecule has 3 saturated heterocycles. The molecule has 4 heterocycles. The highest BCUT2D eigenvalue weighted by atomic mass is 16.8. The van der Waals surface area contributed by atoms with Crippen molar-refractivity contribution in [2.75, 3.05) is 6.61 Å². The molecule has 0 bridgehead atoms. The molecule has 0 unspecified atom stereocenters. The third-order valence-corrected chi connectivity index (χ3v) is 9.86. The Balaban J connectivity index is 1.29. The van der Waals surface area contributed by atoms with E-state index in [9.17, 15) is 14.4 Å². The molecule has 9 heteroatoms. The van der Waals surface area contributed by atoms with Crippen LogP contribution in [-0.4, -0.2) is 70.8 Å². The van der Waals surface area contributed by atoms with Gasteiger partial charge < -0.3 is 28.8 Å². The molecular formula is C24H28O9. The van der Waals surface area contributed by atoms with Gasteiger partial charge in [0.1, 0.15) is 30.0 Å². The second-order valence-corrected chi connectivity index (χ2v) is 11.3. The zero-order valence-electron chi connectivity index (χ0n) is 18.9. The fourth-order valence-electron chi connectivity index (χ4n) is 8.24. The van der Waals surface area contributed by atoms with Crippen LogP contribution in [0.1, 0.15) is 52.9 Å². The van der Waals surface area contributed by atoms with E-state index in [4.69, 9.17) is 28.8 Å². The molecule has 5 fully saturated rings. The van der Waals surface area contributed by atoms with Crippen LogP contribution in [-0.2, 0) is 38.1 Å². The van der Waals surface area contributed by atoms with Gasteiger partial charge in [0.05, 0.1) is 18.9 Å². The average Bonchev–Trinajstić information content (AvgIpc) is 3.65. The molecule has 2 saturated carbocycles. The Kier molecular flexibility index (Phi) is 3.59. The number of cyclic esters (lactones) is 1. The van der Waals surface area contributed by atoms with Crippen molar-refractivity contribution in [1.29, 1.82) is 0 Å². The number of fused-ring (bicyclic) bond motifs is 4. The molecule has 7 rings (SSSR count). The Morgan fingerprint density at radius 2 is 1.97 bits per heavy atom. The summed E-state index contributed by atoms with van der Waals surface area (Å²) in [4.78, 5) is 36.0.